The normalized spacial score (nSPS) is 24.4. The van der Waals surface area contributed by atoms with Crippen LogP contribution >= 0.6 is 0 Å². The van der Waals surface area contributed by atoms with Crippen molar-refractivity contribution < 1.29 is 32.6 Å². The highest BCUT2D eigenvalue weighted by atomic mass is 32.2. The number of hydrogen-bond acceptors (Lipinski definition) is 6. The minimum absolute atomic E-state index is 0.118. The summed E-state index contributed by atoms with van der Waals surface area (Å²) < 4.78 is 40.1. The number of halogens is 1. The Bertz CT molecular complexity index is 854. The molecule has 5 N–H and O–H groups in total. The smallest absolute Gasteiger partial charge is 0.326 e. The lowest BCUT2D eigenvalue weighted by atomic mass is 9.93. The lowest BCUT2D eigenvalue weighted by Gasteiger charge is -2.28. The van der Waals surface area contributed by atoms with Crippen LogP contribution in [0.3, 0.4) is 0 Å². The highest BCUT2D eigenvalue weighted by Crippen LogP contribution is 2.36. The Balaban J connectivity index is 1.75. The Morgan fingerprint density at radius 3 is 2.59 bits per heavy atom. The van der Waals surface area contributed by atoms with Crippen molar-refractivity contribution in [2.45, 2.75) is 37.8 Å². The second kappa shape index (κ2) is 7.19. The molecule has 1 aliphatic heterocycles. The number of nitrogens with zero attached hydrogens (tertiary/aromatic N) is 1. The van der Waals surface area contributed by atoms with Crippen LogP contribution in [0.15, 0.2) is 12.1 Å². The fourth-order valence-electron chi connectivity index (χ4n) is 3.16. The van der Waals surface area contributed by atoms with Gasteiger partial charge < -0.3 is 20.8 Å². The van der Waals surface area contributed by atoms with Crippen LogP contribution in [0.4, 0.5) is 20.6 Å². The van der Waals surface area contributed by atoms with Crippen molar-refractivity contribution in [3.8, 4) is 5.75 Å². The minimum atomic E-state index is -4.29. The zero-order chi connectivity index (χ0) is 19.8. The average Bonchev–Trinajstić information content (AvgIpc) is 2.81. The fraction of sp³-hybridized carbons (Fsp3) is 0.467. The maximum Gasteiger partial charge on any atom is 0.326 e. The summed E-state index contributed by atoms with van der Waals surface area (Å²) in [6.07, 6.45) is 2.26. The number of rotatable bonds is 3. The number of anilines is 2. The molecule has 1 heterocycles. The summed E-state index contributed by atoms with van der Waals surface area (Å²) in [5.74, 6) is -2.76. The number of aliphatic hydroxyl groups is 1. The molecule has 0 bridgehead atoms. The number of urea groups is 1. The van der Waals surface area contributed by atoms with Gasteiger partial charge in [0.05, 0.1) is 12.1 Å². The Morgan fingerprint density at radius 1 is 1.30 bits per heavy atom. The number of phenolic OH excluding ortho intramolecular Hbond substituents is 1. The van der Waals surface area contributed by atoms with Crippen LogP contribution < -0.4 is 19.7 Å². The van der Waals surface area contributed by atoms with Gasteiger partial charge in [0.1, 0.15) is 18.0 Å². The summed E-state index contributed by atoms with van der Waals surface area (Å²) in [5, 5.41) is 24.8. The third-order valence-electron chi connectivity index (χ3n) is 4.42. The van der Waals surface area contributed by atoms with Crippen LogP contribution in [-0.4, -0.2) is 49.3 Å². The minimum Gasteiger partial charge on any atom is -0.506 e. The molecule has 1 saturated heterocycles. The number of hydrogen-bond donors (Lipinski definition) is 5. The first-order valence-corrected chi connectivity index (χ1v) is 9.73. The molecule has 12 heteroatoms. The molecule has 2 atom stereocenters. The van der Waals surface area contributed by atoms with Gasteiger partial charge in [0, 0.05) is 11.8 Å². The van der Waals surface area contributed by atoms with Crippen LogP contribution in [-0.2, 0) is 15.0 Å². The lowest BCUT2D eigenvalue weighted by Crippen LogP contribution is -2.46. The SMILES string of the molecule is O=C1CN(c2c(O)cc(NC(=O)NC3CCCCC3O)cc2F)S(=O)(=O)N1. The molecule has 2 aliphatic rings. The van der Waals surface area contributed by atoms with Gasteiger partial charge in [-0.25, -0.2) is 18.2 Å². The molecular formula is C15H19FN4O6S. The second-order valence-corrected chi connectivity index (χ2v) is 8.01. The van der Waals surface area contributed by atoms with E-state index in [4.69, 9.17) is 0 Å². The van der Waals surface area contributed by atoms with Gasteiger partial charge in [-0.1, -0.05) is 12.8 Å². The molecule has 27 heavy (non-hydrogen) atoms. The van der Waals surface area contributed by atoms with Crippen molar-refractivity contribution in [2.75, 3.05) is 16.2 Å². The molecule has 1 aromatic carbocycles. The van der Waals surface area contributed by atoms with Crippen molar-refractivity contribution in [3.05, 3.63) is 17.9 Å². The predicted molar refractivity (Wildman–Crippen MR) is 92.9 cm³/mol. The molecule has 0 aromatic heterocycles. The summed E-state index contributed by atoms with van der Waals surface area (Å²) in [5.41, 5.74) is -0.811. The molecule has 0 spiro atoms. The van der Waals surface area contributed by atoms with Gasteiger partial charge in [-0.15, -0.1) is 0 Å². The van der Waals surface area contributed by atoms with E-state index in [0.29, 0.717) is 17.1 Å². The molecule has 2 unspecified atom stereocenters. The van der Waals surface area contributed by atoms with Crippen molar-refractivity contribution in [1.82, 2.24) is 10.0 Å². The predicted octanol–water partition coefficient (Wildman–Crippen LogP) is 0.137. The van der Waals surface area contributed by atoms with E-state index < -0.39 is 58.1 Å². The number of amides is 3. The fourth-order valence-corrected chi connectivity index (χ4v) is 4.34. The van der Waals surface area contributed by atoms with Gasteiger partial charge in [0.2, 0.25) is 0 Å². The number of aromatic hydroxyl groups is 1. The standard InChI is InChI=1S/C15H19FN4O6S/c16-9-5-8(17-15(24)18-10-3-1-2-4-11(10)21)6-12(22)14(9)20-7-13(23)19-27(20,25)26/h5-6,10-11,21-22H,1-4,7H2,(H,19,23)(H2,17,18,24). The van der Waals surface area contributed by atoms with Crippen molar-refractivity contribution in [1.29, 1.82) is 0 Å². The number of benzene rings is 1. The highest BCUT2D eigenvalue weighted by Gasteiger charge is 2.37. The van der Waals surface area contributed by atoms with E-state index in [0.717, 1.165) is 25.0 Å². The molecule has 3 rings (SSSR count). The van der Waals surface area contributed by atoms with Crippen LogP contribution in [0.1, 0.15) is 25.7 Å². The van der Waals surface area contributed by atoms with Gasteiger partial charge in [0.15, 0.2) is 5.82 Å². The first kappa shape index (κ1) is 19.2. The Hall–Kier alpha value is -2.60. The third-order valence-corrected chi connectivity index (χ3v) is 5.79. The number of carbonyl (C=O) groups excluding carboxylic acids is 2. The third kappa shape index (κ3) is 4.06. The summed E-state index contributed by atoms with van der Waals surface area (Å²) in [4.78, 5) is 23.3. The lowest BCUT2D eigenvalue weighted by molar-refractivity contribution is -0.117. The largest absolute Gasteiger partial charge is 0.506 e. The molecule has 10 nitrogen and oxygen atoms in total. The van der Waals surface area contributed by atoms with Crippen molar-refractivity contribution in [3.63, 3.8) is 0 Å². The summed E-state index contributed by atoms with van der Waals surface area (Å²) >= 11 is 0. The van der Waals surface area contributed by atoms with Gasteiger partial charge in [0.25, 0.3) is 5.91 Å². The van der Waals surface area contributed by atoms with E-state index in [-0.39, 0.29) is 5.69 Å². The molecule has 2 fully saturated rings. The molecule has 0 radical (unpaired) electrons. The Kier molecular flexibility index (Phi) is 5.11. The van der Waals surface area contributed by atoms with E-state index in [9.17, 15) is 32.6 Å². The van der Waals surface area contributed by atoms with Crippen LogP contribution in [0.25, 0.3) is 0 Å². The quantitative estimate of drug-likeness (QED) is 0.486. The average molecular weight is 402 g/mol. The molecular weight excluding hydrogens is 383 g/mol. The Morgan fingerprint density at radius 2 is 2.00 bits per heavy atom. The summed E-state index contributed by atoms with van der Waals surface area (Å²) in [6.45, 7) is -0.667. The van der Waals surface area contributed by atoms with Gasteiger partial charge in [-0.3, -0.25) is 4.79 Å². The van der Waals surface area contributed by atoms with Gasteiger partial charge in [-0.05, 0) is 18.9 Å². The van der Waals surface area contributed by atoms with E-state index >= 15 is 0 Å². The molecule has 1 saturated carbocycles. The summed E-state index contributed by atoms with van der Waals surface area (Å²) in [6, 6.07) is 0.666. The molecule has 1 aromatic rings. The molecule has 148 valence electrons. The van der Waals surface area contributed by atoms with E-state index in [1.165, 1.54) is 0 Å². The Labute approximate surface area is 154 Å². The number of phenols is 1. The van der Waals surface area contributed by atoms with Gasteiger partial charge >= 0.3 is 16.2 Å². The maximum absolute atomic E-state index is 14.4. The number of aliphatic hydroxyl groups excluding tert-OH is 1. The van der Waals surface area contributed by atoms with E-state index in [1.54, 1.807) is 4.72 Å². The molecule has 1 aliphatic carbocycles. The monoisotopic (exact) mass is 402 g/mol. The topological polar surface area (TPSA) is 148 Å². The maximum atomic E-state index is 14.4. The molecule has 3 amide bonds. The van der Waals surface area contributed by atoms with Crippen LogP contribution in [0.2, 0.25) is 0 Å². The first-order chi connectivity index (χ1) is 12.7. The van der Waals surface area contributed by atoms with E-state index in [1.807, 2.05) is 0 Å². The van der Waals surface area contributed by atoms with Crippen LogP contribution in [0, 0.1) is 5.82 Å². The zero-order valence-electron chi connectivity index (χ0n) is 14.1. The second-order valence-electron chi connectivity index (χ2n) is 6.42. The van der Waals surface area contributed by atoms with Gasteiger partial charge in [-0.2, -0.15) is 8.42 Å². The zero-order valence-corrected chi connectivity index (χ0v) is 14.9. The number of nitrogens with one attached hydrogen (secondary N) is 3. The van der Waals surface area contributed by atoms with Crippen LogP contribution in [0.5, 0.6) is 5.75 Å². The van der Waals surface area contributed by atoms with Crippen molar-refractivity contribution >= 4 is 33.5 Å². The first-order valence-electron chi connectivity index (χ1n) is 8.29. The summed E-state index contributed by atoms with van der Waals surface area (Å²) in [7, 11) is -4.29. The van der Waals surface area contributed by atoms with E-state index in [2.05, 4.69) is 10.6 Å². The number of carbonyl (C=O) groups is 2. The van der Waals surface area contributed by atoms with Crippen molar-refractivity contribution in [2.24, 2.45) is 0 Å². The highest BCUT2D eigenvalue weighted by molar-refractivity contribution is 7.92.